The maximum absolute atomic E-state index is 13.1. The lowest BCUT2D eigenvalue weighted by molar-refractivity contribution is 0.236. The molecular weight excluding hydrogens is 486 g/mol. The van der Waals surface area contributed by atoms with Crippen molar-refractivity contribution in [3.8, 4) is 28.6 Å². The van der Waals surface area contributed by atoms with E-state index in [4.69, 9.17) is 9.47 Å². The van der Waals surface area contributed by atoms with E-state index in [-0.39, 0.29) is 5.69 Å². The van der Waals surface area contributed by atoms with Crippen LogP contribution in [0.4, 0.5) is 0 Å². The lowest BCUT2D eigenvalue weighted by atomic mass is 9.99. The molecule has 6 heteroatoms. The van der Waals surface area contributed by atoms with Gasteiger partial charge < -0.3 is 9.47 Å². The van der Waals surface area contributed by atoms with Crippen LogP contribution in [0.15, 0.2) is 126 Å². The van der Waals surface area contributed by atoms with Crippen LogP contribution in [-0.4, -0.2) is 40.3 Å². The summed E-state index contributed by atoms with van der Waals surface area (Å²) in [6, 6.07) is 35.5. The van der Waals surface area contributed by atoms with E-state index in [9.17, 15) is 4.79 Å². The molecule has 0 aliphatic carbocycles. The Morgan fingerprint density at radius 2 is 1.23 bits per heavy atom. The summed E-state index contributed by atoms with van der Waals surface area (Å²) in [6.45, 7) is 3.73. The molecule has 1 unspecified atom stereocenters. The Hall–Kier alpha value is -4.55. The summed E-state index contributed by atoms with van der Waals surface area (Å²) in [6.07, 6.45) is 4.75. The van der Waals surface area contributed by atoms with Crippen LogP contribution in [0.3, 0.4) is 0 Å². The molecule has 6 nitrogen and oxygen atoms in total. The number of para-hydroxylation sites is 1. The van der Waals surface area contributed by atoms with Gasteiger partial charge in [-0.3, -0.25) is 14.0 Å². The van der Waals surface area contributed by atoms with Gasteiger partial charge in [0.15, 0.2) is 0 Å². The molecule has 0 bridgehead atoms. The van der Waals surface area contributed by atoms with E-state index < -0.39 is 0 Å². The number of hydrogen-bond donors (Lipinski definition) is 0. The summed E-state index contributed by atoms with van der Waals surface area (Å²) < 4.78 is 15.1. The smallest absolute Gasteiger partial charge is 0.337 e. The van der Waals surface area contributed by atoms with Crippen molar-refractivity contribution in [1.29, 1.82) is 0 Å². The zero-order valence-corrected chi connectivity index (χ0v) is 21.7. The van der Waals surface area contributed by atoms with E-state index >= 15 is 0 Å². The van der Waals surface area contributed by atoms with E-state index in [0.717, 1.165) is 42.5 Å². The second-order valence-electron chi connectivity index (χ2n) is 9.77. The van der Waals surface area contributed by atoms with Gasteiger partial charge in [-0.15, -0.1) is 0 Å². The fourth-order valence-corrected chi connectivity index (χ4v) is 5.10. The lowest BCUT2D eigenvalue weighted by Crippen LogP contribution is -2.26. The predicted molar refractivity (Wildman–Crippen MR) is 154 cm³/mol. The van der Waals surface area contributed by atoms with Crippen LogP contribution in [0.5, 0.6) is 17.2 Å². The molecule has 1 aliphatic rings. The van der Waals surface area contributed by atoms with Crippen LogP contribution >= 0.6 is 0 Å². The number of ether oxygens (including phenoxy) is 2. The van der Waals surface area contributed by atoms with Crippen molar-refractivity contribution in [2.45, 2.75) is 12.3 Å². The van der Waals surface area contributed by atoms with Gasteiger partial charge in [0.2, 0.25) is 0 Å². The highest BCUT2D eigenvalue weighted by Crippen LogP contribution is 2.27. The zero-order valence-electron chi connectivity index (χ0n) is 21.7. The summed E-state index contributed by atoms with van der Waals surface area (Å²) in [5.74, 6) is 2.90. The molecular formula is C33H31N3O3. The Bertz CT molecular complexity index is 1540. The summed E-state index contributed by atoms with van der Waals surface area (Å²) >= 11 is 0. The van der Waals surface area contributed by atoms with Crippen LogP contribution in [0, 0.1) is 0 Å². The van der Waals surface area contributed by atoms with Gasteiger partial charge >= 0.3 is 5.69 Å². The van der Waals surface area contributed by atoms with Crippen molar-refractivity contribution >= 4 is 0 Å². The molecule has 0 N–H and O–H groups in total. The Balaban J connectivity index is 1.04. The number of benzene rings is 4. The maximum atomic E-state index is 13.1. The number of aromatic nitrogens is 2. The molecule has 5 aromatic rings. The van der Waals surface area contributed by atoms with Crippen molar-refractivity contribution in [3.05, 3.63) is 138 Å². The van der Waals surface area contributed by atoms with Gasteiger partial charge in [-0.05, 0) is 85.1 Å². The minimum atomic E-state index is -0.137. The third kappa shape index (κ3) is 5.81. The second-order valence-corrected chi connectivity index (χ2v) is 9.77. The molecule has 2 heterocycles. The fourth-order valence-electron chi connectivity index (χ4n) is 5.10. The quantitative estimate of drug-likeness (QED) is 0.231. The summed E-state index contributed by atoms with van der Waals surface area (Å²) in [7, 11) is 0. The first-order valence-corrected chi connectivity index (χ1v) is 13.4. The topological polar surface area (TPSA) is 48.6 Å². The molecule has 1 aliphatic heterocycles. The van der Waals surface area contributed by atoms with Crippen molar-refractivity contribution in [2.75, 3.05) is 26.2 Å². The van der Waals surface area contributed by atoms with Crippen molar-refractivity contribution in [1.82, 2.24) is 14.0 Å². The molecule has 6 rings (SSSR count). The monoisotopic (exact) mass is 517 g/mol. The van der Waals surface area contributed by atoms with Crippen LogP contribution in [0.2, 0.25) is 0 Å². The minimum absolute atomic E-state index is 0.137. The fraction of sp³-hybridized carbons (Fsp3) is 0.182. The lowest BCUT2D eigenvalue weighted by Gasteiger charge is -2.16. The molecule has 1 aromatic heterocycles. The third-order valence-corrected chi connectivity index (χ3v) is 7.21. The van der Waals surface area contributed by atoms with E-state index in [2.05, 4.69) is 35.2 Å². The Labute approximate surface area is 228 Å². The molecule has 0 saturated carbocycles. The standard InChI is InChI=1S/C33H31N3O3/c37-33-35(21-22-36(33)29-13-17-32(18-14-29)39-31-9-5-2-6-10-31)28-11-15-30(16-12-28)38-24-23-34-20-19-27(25-34)26-7-3-1-4-8-26/h1-18,21-22,27H,19-20,23-25H2. The average molecular weight is 518 g/mol. The van der Waals surface area contributed by atoms with Gasteiger partial charge in [0, 0.05) is 25.5 Å². The average Bonchev–Trinajstić information content (AvgIpc) is 3.62. The molecule has 0 amide bonds. The summed E-state index contributed by atoms with van der Waals surface area (Å²) in [5.41, 5.74) is 2.85. The van der Waals surface area contributed by atoms with Gasteiger partial charge in [-0.2, -0.15) is 0 Å². The van der Waals surface area contributed by atoms with Crippen molar-refractivity contribution in [2.24, 2.45) is 0 Å². The summed E-state index contributed by atoms with van der Waals surface area (Å²) in [4.78, 5) is 15.6. The maximum Gasteiger partial charge on any atom is 0.337 e. The van der Waals surface area contributed by atoms with Crippen LogP contribution in [0.25, 0.3) is 11.4 Å². The number of imidazole rings is 1. The van der Waals surface area contributed by atoms with Crippen molar-refractivity contribution < 1.29 is 9.47 Å². The molecule has 1 fully saturated rings. The first kappa shape index (κ1) is 24.8. The molecule has 1 saturated heterocycles. The van der Waals surface area contributed by atoms with Crippen molar-refractivity contribution in [3.63, 3.8) is 0 Å². The van der Waals surface area contributed by atoms with Crippen LogP contribution in [0.1, 0.15) is 17.9 Å². The molecule has 4 aromatic carbocycles. The molecule has 0 radical (unpaired) electrons. The molecule has 0 spiro atoms. The van der Waals surface area contributed by atoms with E-state index in [1.165, 1.54) is 12.0 Å². The normalized spacial score (nSPS) is 15.3. The Kier molecular flexibility index (Phi) is 7.28. The van der Waals surface area contributed by atoms with E-state index in [1.807, 2.05) is 78.9 Å². The molecule has 196 valence electrons. The van der Waals surface area contributed by atoms with Gasteiger partial charge in [0.1, 0.15) is 23.9 Å². The minimum Gasteiger partial charge on any atom is -0.492 e. The molecule has 39 heavy (non-hydrogen) atoms. The first-order chi connectivity index (χ1) is 19.2. The van der Waals surface area contributed by atoms with Gasteiger partial charge in [-0.25, -0.2) is 4.79 Å². The molecule has 1 atom stereocenters. The highest BCUT2D eigenvalue weighted by atomic mass is 16.5. The first-order valence-electron chi connectivity index (χ1n) is 13.4. The number of rotatable bonds is 9. The third-order valence-electron chi connectivity index (χ3n) is 7.21. The Morgan fingerprint density at radius 1 is 0.667 bits per heavy atom. The number of nitrogens with zero attached hydrogens (tertiary/aromatic N) is 3. The van der Waals surface area contributed by atoms with Gasteiger partial charge in [-0.1, -0.05) is 48.5 Å². The highest BCUT2D eigenvalue weighted by molar-refractivity contribution is 5.41. The SMILES string of the molecule is O=c1n(-c2ccc(OCCN3CCC(c4ccccc4)C3)cc2)ccn1-c1ccc(Oc2ccccc2)cc1. The van der Waals surface area contributed by atoms with Crippen LogP contribution < -0.4 is 15.2 Å². The summed E-state index contributed by atoms with van der Waals surface area (Å²) in [5, 5.41) is 0. The number of likely N-dealkylation sites (tertiary alicyclic amines) is 1. The second kappa shape index (κ2) is 11.5. The van der Waals surface area contributed by atoms with Gasteiger partial charge in [0.25, 0.3) is 0 Å². The van der Waals surface area contributed by atoms with Gasteiger partial charge in [0.05, 0.1) is 11.4 Å². The van der Waals surface area contributed by atoms with Crippen LogP contribution in [-0.2, 0) is 0 Å². The van der Waals surface area contributed by atoms with E-state index in [1.54, 1.807) is 21.5 Å². The Morgan fingerprint density at radius 3 is 1.87 bits per heavy atom. The van der Waals surface area contributed by atoms with E-state index in [0.29, 0.717) is 18.3 Å². The largest absolute Gasteiger partial charge is 0.492 e. The predicted octanol–water partition coefficient (Wildman–Crippen LogP) is 6.29. The number of hydrogen-bond acceptors (Lipinski definition) is 4. The zero-order chi connectivity index (χ0) is 26.4. The highest BCUT2D eigenvalue weighted by Gasteiger charge is 2.23.